The molecule has 1 aliphatic heterocycles. The third-order valence-electron chi connectivity index (χ3n) is 5.70. The molecule has 2 fully saturated rings. The predicted molar refractivity (Wildman–Crippen MR) is 111 cm³/mol. The van der Waals surface area contributed by atoms with Crippen molar-refractivity contribution < 1.29 is 13.9 Å². The quantitative estimate of drug-likeness (QED) is 0.749. The number of hydrogen-bond donors (Lipinski definition) is 2. The molecule has 2 amide bonds. The molecule has 0 bridgehead atoms. The largest absolute Gasteiger partial charge is 0.454 e. The Kier molecular flexibility index (Phi) is 6.00. The van der Waals surface area contributed by atoms with Gasteiger partial charge in [0.25, 0.3) is 0 Å². The van der Waals surface area contributed by atoms with Gasteiger partial charge >= 0.3 is 6.03 Å². The van der Waals surface area contributed by atoms with Crippen LogP contribution in [0.15, 0.2) is 48.5 Å². The molecule has 2 N–H and O–H groups in total. The third-order valence-corrected chi connectivity index (χ3v) is 5.70. The van der Waals surface area contributed by atoms with Crippen molar-refractivity contribution >= 4 is 6.03 Å². The van der Waals surface area contributed by atoms with Crippen LogP contribution in [-0.4, -0.2) is 36.1 Å². The van der Waals surface area contributed by atoms with Crippen LogP contribution in [0.2, 0.25) is 0 Å². The van der Waals surface area contributed by atoms with Gasteiger partial charge in [0.15, 0.2) is 11.6 Å². The topological polar surface area (TPSA) is 53.6 Å². The molecule has 0 aromatic heterocycles. The number of piperidine rings is 1. The van der Waals surface area contributed by atoms with Gasteiger partial charge in [-0.25, -0.2) is 9.18 Å². The molecule has 2 aromatic carbocycles. The Hall–Kier alpha value is -2.60. The molecular formula is C23H28FN3O2. The number of hydrogen-bond acceptors (Lipinski definition) is 3. The number of amides is 2. The van der Waals surface area contributed by atoms with Crippen LogP contribution >= 0.6 is 0 Å². The van der Waals surface area contributed by atoms with Gasteiger partial charge in [-0.05, 0) is 62.4 Å². The molecule has 6 heteroatoms. The van der Waals surface area contributed by atoms with Gasteiger partial charge in [0.05, 0.1) is 6.04 Å². The van der Waals surface area contributed by atoms with Crippen LogP contribution in [0.3, 0.4) is 0 Å². The molecule has 0 radical (unpaired) electrons. The summed E-state index contributed by atoms with van der Waals surface area (Å²) in [6.07, 6.45) is 4.61. The number of nitrogens with one attached hydrogen (secondary N) is 2. The van der Waals surface area contributed by atoms with Gasteiger partial charge in [-0.3, -0.25) is 0 Å². The molecule has 154 valence electrons. The Bertz CT molecular complexity index is 833. The SMILES string of the molecule is CC(NC(=O)NC1CCN(C2CC2)CC1)c1ccc(Oc2ccccc2)c(F)c1. The second kappa shape index (κ2) is 8.82. The van der Waals surface area contributed by atoms with Crippen molar-refractivity contribution in [2.75, 3.05) is 13.1 Å². The highest BCUT2D eigenvalue weighted by Crippen LogP contribution is 2.29. The zero-order valence-electron chi connectivity index (χ0n) is 16.7. The summed E-state index contributed by atoms with van der Waals surface area (Å²) >= 11 is 0. The Morgan fingerprint density at radius 2 is 1.83 bits per heavy atom. The van der Waals surface area contributed by atoms with E-state index >= 15 is 0 Å². The molecule has 1 heterocycles. The first-order valence-electron chi connectivity index (χ1n) is 10.4. The van der Waals surface area contributed by atoms with Crippen LogP contribution in [0, 0.1) is 5.82 Å². The molecule has 2 aromatic rings. The summed E-state index contributed by atoms with van der Waals surface area (Å²) in [6, 6.07) is 14.4. The summed E-state index contributed by atoms with van der Waals surface area (Å²) in [5.41, 5.74) is 0.696. The number of para-hydroxylation sites is 1. The number of benzene rings is 2. The van der Waals surface area contributed by atoms with E-state index in [2.05, 4.69) is 15.5 Å². The highest BCUT2D eigenvalue weighted by Gasteiger charge is 2.32. The van der Waals surface area contributed by atoms with Gasteiger partial charge < -0.3 is 20.3 Å². The van der Waals surface area contributed by atoms with Crippen LogP contribution in [0.4, 0.5) is 9.18 Å². The van der Waals surface area contributed by atoms with Crippen molar-refractivity contribution in [1.82, 2.24) is 15.5 Å². The molecule has 1 saturated heterocycles. The van der Waals surface area contributed by atoms with Crippen LogP contribution in [0.25, 0.3) is 0 Å². The van der Waals surface area contributed by atoms with E-state index in [1.165, 1.54) is 18.9 Å². The first-order chi connectivity index (χ1) is 14.1. The fourth-order valence-corrected chi connectivity index (χ4v) is 3.84. The maximum atomic E-state index is 14.5. The van der Waals surface area contributed by atoms with E-state index < -0.39 is 5.82 Å². The number of carbonyl (C=O) groups excluding carboxylic acids is 1. The molecule has 1 unspecified atom stereocenters. The minimum absolute atomic E-state index is 0.166. The number of ether oxygens (including phenoxy) is 1. The lowest BCUT2D eigenvalue weighted by Crippen LogP contribution is -2.48. The summed E-state index contributed by atoms with van der Waals surface area (Å²) in [7, 11) is 0. The maximum Gasteiger partial charge on any atom is 0.315 e. The first-order valence-corrected chi connectivity index (χ1v) is 10.4. The Morgan fingerprint density at radius 3 is 2.48 bits per heavy atom. The van der Waals surface area contributed by atoms with Crippen LogP contribution < -0.4 is 15.4 Å². The van der Waals surface area contributed by atoms with E-state index in [4.69, 9.17) is 4.74 Å². The number of likely N-dealkylation sites (tertiary alicyclic amines) is 1. The molecular weight excluding hydrogens is 369 g/mol. The van der Waals surface area contributed by atoms with E-state index in [0.29, 0.717) is 11.3 Å². The lowest BCUT2D eigenvalue weighted by atomic mass is 10.0. The third kappa shape index (κ3) is 5.26. The Morgan fingerprint density at radius 1 is 1.10 bits per heavy atom. The minimum atomic E-state index is -0.451. The fraction of sp³-hybridized carbons (Fsp3) is 0.435. The monoisotopic (exact) mass is 397 g/mol. The van der Waals surface area contributed by atoms with Crippen LogP contribution in [0.1, 0.15) is 44.2 Å². The van der Waals surface area contributed by atoms with Gasteiger partial charge in [-0.2, -0.15) is 0 Å². The highest BCUT2D eigenvalue weighted by molar-refractivity contribution is 5.74. The number of rotatable bonds is 6. The predicted octanol–water partition coefficient (Wildman–Crippen LogP) is 4.61. The first kappa shape index (κ1) is 19.7. The second-order valence-corrected chi connectivity index (χ2v) is 7.99. The van der Waals surface area contributed by atoms with E-state index in [1.807, 2.05) is 25.1 Å². The number of carbonyl (C=O) groups is 1. The average Bonchev–Trinajstić information content (AvgIpc) is 3.56. The summed E-state index contributed by atoms with van der Waals surface area (Å²) in [5, 5.41) is 5.98. The number of nitrogens with zero attached hydrogens (tertiary/aromatic N) is 1. The van der Waals surface area contributed by atoms with E-state index in [0.717, 1.165) is 32.0 Å². The van der Waals surface area contributed by atoms with Crippen molar-refractivity contribution in [2.45, 2.75) is 50.7 Å². The lowest BCUT2D eigenvalue weighted by molar-refractivity contribution is 0.185. The fourth-order valence-electron chi connectivity index (χ4n) is 3.84. The summed E-state index contributed by atoms with van der Waals surface area (Å²) in [4.78, 5) is 14.9. The molecule has 1 saturated carbocycles. The van der Waals surface area contributed by atoms with Crippen LogP contribution in [0.5, 0.6) is 11.5 Å². The second-order valence-electron chi connectivity index (χ2n) is 7.99. The molecule has 2 aliphatic rings. The zero-order chi connectivity index (χ0) is 20.2. The zero-order valence-corrected chi connectivity index (χ0v) is 16.7. The van der Waals surface area contributed by atoms with Gasteiger partial charge in [0, 0.05) is 25.2 Å². The number of urea groups is 1. The smallest absolute Gasteiger partial charge is 0.315 e. The van der Waals surface area contributed by atoms with Crippen molar-refractivity contribution in [1.29, 1.82) is 0 Å². The van der Waals surface area contributed by atoms with Gasteiger partial charge in [-0.1, -0.05) is 24.3 Å². The molecule has 1 atom stereocenters. The summed E-state index contributed by atoms with van der Waals surface area (Å²) in [6.45, 7) is 3.96. The summed E-state index contributed by atoms with van der Waals surface area (Å²) in [5.74, 6) is 0.296. The maximum absolute atomic E-state index is 14.5. The number of halogens is 1. The van der Waals surface area contributed by atoms with Crippen molar-refractivity contribution in [2.24, 2.45) is 0 Å². The van der Waals surface area contributed by atoms with E-state index in [9.17, 15) is 9.18 Å². The highest BCUT2D eigenvalue weighted by atomic mass is 19.1. The standard InChI is InChI=1S/C23H28FN3O2/c1-16(25-23(28)26-18-11-13-27(14-12-18)19-8-9-19)17-7-10-22(21(24)15-17)29-20-5-3-2-4-6-20/h2-7,10,15-16,18-19H,8-9,11-14H2,1H3,(H2,25,26,28). The molecule has 1 aliphatic carbocycles. The van der Waals surface area contributed by atoms with E-state index in [1.54, 1.807) is 24.3 Å². The Balaban J connectivity index is 1.28. The van der Waals surface area contributed by atoms with Crippen molar-refractivity contribution in [3.63, 3.8) is 0 Å². The molecule has 29 heavy (non-hydrogen) atoms. The molecule has 0 spiro atoms. The summed E-state index contributed by atoms with van der Waals surface area (Å²) < 4.78 is 20.0. The minimum Gasteiger partial charge on any atom is -0.454 e. The Labute approximate surface area is 171 Å². The van der Waals surface area contributed by atoms with Gasteiger partial charge in [0.1, 0.15) is 5.75 Å². The average molecular weight is 397 g/mol. The van der Waals surface area contributed by atoms with Crippen LogP contribution in [-0.2, 0) is 0 Å². The van der Waals surface area contributed by atoms with Gasteiger partial charge in [-0.15, -0.1) is 0 Å². The van der Waals surface area contributed by atoms with Gasteiger partial charge in [0.2, 0.25) is 0 Å². The molecule has 5 nitrogen and oxygen atoms in total. The van der Waals surface area contributed by atoms with E-state index in [-0.39, 0.29) is 23.9 Å². The van der Waals surface area contributed by atoms with Crippen molar-refractivity contribution in [3.8, 4) is 11.5 Å². The molecule has 4 rings (SSSR count). The van der Waals surface area contributed by atoms with Crippen molar-refractivity contribution in [3.05, 3.63) is 59.9 Å². The lowest BCUT2D eigenvalue weighted by Gasteiger charge is -2.32. The normalized spacial score (nSPS) is 18.8.